The van der Waals surface area contributed by atoms with Gasteiger partial charge in [0.2, 0.25) is 0 Å². The fraction of sp³-hybridized carbons (Fsp3) is 0.250. The standard InChI is InChI=1S/C16H17BrClNO/c17-14-9-15(18)11-16(10-14)19-7-5-12-1-3-13(4-2-12)6-8-20/h1-4,9-11,19-20H,5-8H2. The van der Waals surface area contributed by atoms with Crippen LogP contribution in [0.25, 0.3) is 0 Å². The Morgan fingerprint density at radius 2 is 1.65 bits per heavy atom. The molecule has 0 atom stereocenters. The molecule has 0 radical (unpaired) electrons. The number of aliphatic hydroxyl groups excluding tert-OH is 1. The van der Waals surface area contributed by atoms with Gasteiger partial charge in [0.25, 0.3) is 0 Å². The Kier molecular flexibility index (Phi) is 5.89. The molecule has 0 aliphatic carbocycles. The number of hydrogen-bond acceptors (Lipinski definition) is 2. The highest BCUT2D eigenvalue weighted by Gasteiger charge is 1.99. The van der Waals surface area contributed by atoms with E-state index in [4.69, 9.17) is 16.7 Å². The van der Waals surface area contributed by atoms with Crippen LogP contribution >= 0.6 is 27.5 Å². The second-order valence-corrected chi connectivity index (χ2v) is 5.98. The van der Waals surface area contributed by atoms with Crippen molar-refractivity contribution in [2.75, 3.05) is 18.5 Å². The first-order valence-corrected chi connectivity index (χ1v) is 7.73. The summed E-state index contributed by atoms with van der Waals surface area (Å²) in [7, 11) is 0. The van der Waals surface area contributed by atoms with Crippen LogP contribution in [0, 0.1) is 0 Å². The van der Waals surface area contributed by atoms with Crippen molar-refractivity contribution in [3.05, 3.63) is 63.1 Å². The maximum atomic E-state index is 8.88. The van der Waals surface area contributed by atoms with Gasteiger partial charge in [-0.2, -0.15) is 0 Å². The Hall–Kier alpha value is -1.03. The molecule has 0 saturated heterocycles. The van der Waals surface area contributed by atoms with Gasteiger partial charge in [-0.05, 0) is 42.2 Å². The number of anilines is 1. The van der Waals surface area contributed by atoms with E-state index in [0.29, 0.717) is 0 Å². The molecule has 106 valence electrons. The molecule has 0 heterocycles. The molecular weight excluding hydrogens is 338 g/mol. The van der Waals surface area contributed by atoms with Crippen LogP contribution in [0.3, 0.4) is 0 Å². The average Bonchev–Trinajstić information content (AvgIpc) is 2.40. The van der Waals surface area contributed by atoms with Crippen LogP contribution in [0.5, 0.6) is 0 Å². The van der Waals surface area contributed by atoms with Crippen molar-refractivity contribution >= 4 is 33.2 Å². The molecule has 4 heteroatoms. The smallest absolute Gasteiger partial charge is 0.0471 e. The van der Waals surface area contributed by atoms with E-state index >= 15 is 0 Å². The highest BCUT2D eigenvalue weighted by atomic mass is 79.9. The van der Waals surface area contributed by atoms with Crippen LogP contribution < -0.4 is 5.32 Å². The van der Waals surface area contributed by atoms with Gasteiger partial charge in [-0.1, -0.05) is 51.8 Å². The molecule has 0 aliphatic rings. The minimum Gasteiger partial charge on any atom is -0.396 e. The van der Waals surface area contributed by atoms with E-state index in [0.717, 1.165) is 34.6 Å². The lowest BCUT2D eigenvalue weighted by atomic mass is 10.1. The SMILES string of the molecule is OCCc1ccc(CCNc2cc(Cl)cc(Br)c2)cc1. The van der Waals surface area contributed by atoms with E-state index in [1.54, 1.807) is 0 Å². The Bertz CT molecular complexity index is 537. The molecule has 0 fully saturated rings. The zero-order chi connectivity index (χ0) is 14.4. The highest BCUT2D eigenvalue weighted by molar-refractivity contribution is 9.10. The Morgan fingerprint density at radius 1 is 1.00 bits per heavy atom. The number of halogens is 2. The zero-order valence-electron chi connectivity index (χ0n) is 11.1. The first kappa shape index (κ1) is 15.4. The van der Waals surface area contributed by atoms with E-state index in [2.05, 4.69) is 45.5 Å². The van der Waals surface area contributed by atoms with Crippen LogP contribution in [-0.2, 0) is 12.8 Å². The maximum Gasteiger partial charge on any atom is 0.0471 e. The van der Waals surface area contributed by atoms with Crippen molar-refractivity contribution in [2.45, 2.75) is 12.8 Å². The van der Waals surface area contributed by atoms with Crippen molar-refractivity contribution in [2.24, 2.45) is 0 Å². The third kappa shape index (κ3) is 4.82. The minimum atomic E-state index is 0.199. The summed E-state index contributed by atoms with van der Waals surface area (Å²) in [6.07, 6.45) is 1.67. The van der Waals surface area contributed by atoms with Crippen molar-refractivity contribution in [1.29, 1.82) is 0 Å². The normalized spacial score (nSPS) is 10.6. The summed E-state index contributed by atoms with van der Waals surface area (Å²) < 4.78 is 0.973. The summed E-state index contributed by atoms with van der Waals surface area (Å²) in [5.74, 6) is 0. The van der Waals surface area contributed by atoms with Crippen LogP contribution in [0.1, 0.15) is 11.1 Å². The molecule has 0 saturated carbocycles. The largest absolute Gasteiger partial charge is 0.396 e. The minimum absolute atomic E-state index is 0.199. The fourth-order valence-corrected chi connectivity index (χ4v) is 2.87. The van der Waals surface area contributed by atoms with Gasteiger partial charge >= 0.3 is 0 Å². The molecule has 0 spiro atoms. The molecule has 2 aromatic carbocycles. The van der Waals surface area contributed by atoms with Gasteiger partial charge in [0.05, 0.1) is 0 Å². The van der Waals surface area contributed by atoms with E-state index in [1.807, 2.05) is 18.2 Å². The lowest BCUT2D eigenvalue weighted by Gasteiger charge is -2.08. The zero-order valence-corrected chi connectivity index (χ0v) is 13.4. The van der Waals surface area contributed by atoms with Crippen LogP contribution in [0.4, 0.5) is 5.69 Å². The number of rotatable bonds is 6. The highest BCUT2D eigenvalue weighted by Crippen LogP contribution is 2.22. The third-order valence-corrected chi connectivity index (χ3v) is 3.70. The van der Waals surface area contributed by atoms with Gasteiger partial charge in [0.15, 0.2) is 0 Å². The molecule has 0 aromatic heterocycles. The molecule has 2 aromatic rings. The van der Waals surface area contributed by atoms with E-state index in [-0.39, 0.29) is 6.61 Å². The summed E-state index contributed by atoms with van der Waals surface area (Å²) in [4.78, 5) is 0. The first-order valence-electron chi connectivity index (χ1n) is 6.56. The molecule has 2 N–H and O–H groups in total. The second-order valence-electron chi connectivity index (χ2n) is 4.63. The summed E-state index contributed by atoms with van der Waals surface area (Å²) >= 11 is 9.43. The quantitative estimate of drug-likeness (QED) is 0.811. The van der Waals surface area contributed by atoms with Gasteiger partial charge in [0, 0.05) is 28.3 Å². The van der Waals surface area contributed by atoms with E-state index in [9.17, 15) is 0 Å². The van der Waals surface area contributed by atoms with Gasteiger partial charge in [-0.25, -0.2) is 0 Å². The van der Waals surface area contributed by atoms with E-state index in [1.165, 1.54) is 11.1 Å². The Balaban J connectivity index is 1.86. The molecular formula is C16H17BrClNO. The summed E-state index contributed by atoms with van der Waals surface area (Å²) in [5, 5.41) is 13.0. The molecule has 2 nitrogen and oxygen atoms in total. The Labute approximate surface area is 132 Å². The number of nitrogens with one attached hydrogen (secondary N) is 1. The number of aliphatic hydroxyl groups is 1. The van der Waals surface area contributed by atoms with Crippen molar-refractivity contribution in [1.82, 2.24) is 0 Å². The predicted octanol–water partition coefficient (Wildman–Crippen LogP) is 4.29. The number of hydrogen-bond donors (Lipinski definition) is 2. The monoisotopic (exact) mass is 353 g/mol. The Morgan fingerprint density at radius 3 is 2.25 bits per heavy atom. The van der Waals surface area contributed by atoms with E-state index < -0.39 is 0 Å². The average molecular weight is 355 g/mol. The third-order valence-electron chi connectivity index (χ3n) is 3.03. The van der Waals surface area contributed by atoms with Crippen LogP contribution in [-0.4, -0.2) is 18.3 Å². The van der Waals surface area contributed by atoms with Crippen LogP contribution in [0.2, 0.25) is 5.02 Å². The lowest BCUT2D eigenvalue weighted by molar-refractivity contribution is 0.299. The van der Waals surface area contributed by atoms with Crippen molar-refractivity contribution < 1.29 is 5.11 Å². The molecule has 0 amide bonds. The summed E-state index contributed by atoms with van der Waals surface area (Å²) in [6, 6.07) is 14.2. The van der Waals surface area contributed by atoms with Gasteiger partial charge in [-0.3, -0.25) is 0 Å². The fourth-order valence-electron chi connectivity index (χ4n) is 2.01. The van der Waals surface area contributed by atoms with Gasteiger partial charge < -0.3 is 10.4 Å². The van der Waals surface area contributed by atoms with Crippen molar-refractivity contribution in [3.63, 3.8) is 0 Å². The van der Waals surface area contributed by atoms with Crippen LogP contribution in [0.15, 0.2) is 46.9 Å². The van der Waals surface area contributed by atoms with Gasteiger partial charge in [0.1, 0.15) is 0 Å². The second kappa shape index (κ2) is 7.67. The predicted molar refractivity (Wildman–Crippen MR) is 88.6 cm³/mol. The maximum absolute atomic E-state index is 8.88. The first-order chi connectivity index (χ1) is 9.67. The lowest BCUT2D eigenvalue weighted by Crippen LogP contribution is -2.05. The molecule has 2 rings (SSSR count). The van der Waals surface area contributed by atoms with Crippen molar-refractivity contribution in [3.8, 4) is 0 Å². The number of benzene rings is 2. The summed E-state index contributed by atoms with van der Waals surface area (Å²) in [6.45, 7) is 1.05. The molecule has 0 aliphatic heterocycles. The molecule has 0 unspecified atom stereocenters. The molecule has 20 heavy (non-hydrogen) atoms. The molecule has 0 bridgehead atoms. The summed E-state index contributed by atoms with van der Waals surface area (Å²) in [5.41, 5.74) is 3.46. The topological polar surface area (TPSA) is 32.3 Å². The van der Waals surface area contributed by atoms with Gasteiger partial charge in [-0.15, -0.1) is 0 Å².